The average molecular weight is 171 g/mol. The lowest BCUT2D eigenvalue weighted by atomic mass is 9.97. The van der Waals surface area contributed by atoms with Crippen molar-refractivity contribution < 1.29 is 5.11 Å². The molecule has 0 aliphatic carbocycles. The number of likely N-dealkylation sites (tertiary alicyclic amines) is 1. The Hall–Kier alpha value is -0.0800. The summed E-state index contributed by atoms with van der Waals surface area (Å²) in [5, 5.41) is 9.50. The molecule has 0 amide bonds. The van der Waals surface area contributed by atoms with Gasteiger partial charge in [-0.15, -0.1) is 0 Å². The number of hydrogen-bond donors (Lipinski definition) is 1. The fraction of sp³-hybridized carbons (Fsp3) is 1.00. The molecule has 1 saturated heterocycles. The Bertz CT molecular complexity index is 127. The predicted molar refractivity (Wildman–Crippen MR) is 51.2 cm³/mol. The van der Waals surface area contributed by atoms with E-state index in [1.165, 1.54) is 25.8 Å². The molecule has 0 aromatic rings. The van der Waals surface area contributed by atoms with E-state index in [1.54, 1.807) is 0 Å². The molecule has 72 valence electrons. The molecule has 2 nitrogen and oxygen atoms in total. The maximum Gasteiger partial charge on any atom is 0.0552 e. The first kappa shape index (κ1) is 10.0. The molecule has 1 fully saturated rings. The zero-order chi connectivity index (χ0) is 8.97. The highest BCUT2D eigenvalue weighted by Gasteiger charge is 2.20. The fourth-order valence-corrected chi connectivity index (χ4v) is 1.92. The minimum Gasteiger partial charge on any atom is -0.393 e. The number of hydrogen-bond acceptors (Lipinski definition) is 2. The van der Waals surface area contributed by atoms with Gasteiger partial charge in [-0.05, 0) is 39.3 Å². The van der Waals surface area contributed by atoms with Crippen molar-refractivity contribution in [2.24, 2.45) is 0 Å². The van der Waals surface area contributed by atoms with Gasteiger partial charge in [-0.2, -0.15) is 0 Å². The number of aliphatic hydroxyl groups excluding tert-OH is 1. The molecule has 0 bridgehead atoms. The molecule has 0 unspecified atom stereocenters. The molecule has 1 aliphatic rings. The largest absolute Gasteiger partial charge is 0.393 e. The van der Waals surface area contributed by atoms with E-state index in [1.807, 2.05) is 6.92 Å². The van der Waals surface area contributed by atoms with Crippen LogP contribution in [-0.2, 0) is 0 Å². The van der Waals surface area contributed by atoms with Crippen LogP contribution in [0.15, 0.2) is 0 Å². The van der Waals surface area contributed by atoms with Crippen LogP contribution in [0.2, 0.25) is 0 Å². The second-order valence-electron chi connectivity index (χ2n) is 3.93. The predicted octanol–water partition coefficient (Wildman–Crippen LogP) is 1.63. The van der Waals surface area contributed by atoms with Gasteiger partial charge >= 0.3 is 0 Å². The maximum absolute atomic E-state index is 9.50. The second-order valence-corrected chi connectivity index (χ2v) is 3.93. The first-order chi connectivity index (χ1) is 5.74. The molecule has 12 heavy (non-hydrogen) atoms. The van der Waals surface area contributed by atoms with E-state index in [4.69, 9.17) is 0 Å². The van der Waals surface area contributed by atoms with E-state index >= 15 is 0 Å². The van der Waals surface area contributed by atoms with E-state index < -0.39 is 0 Å². The third-order valence-corrected chi connectivity index (χ3v) is 2.94. The van der Waals surface area contributed by atoms with Crippen molar-refractivity contribution >= 4 is 0 Å². The number of piperidine rings is 1. The smallest absolute Gasteiger partial charge is 0.0552 e. The van der Waals surface area contributed by atoms with Crippen LogP contribution in [0, 0.1) is 0 Å². The Morgan fingerprint density at radius 2 is 2.25 bits per heavy atom. The third kappa shape index (κ3) is 2.76. The lowest BCUT2D eigenvalue weighted by Crippen LogP contribution is -2.38. The summed E-state index contributed by atoms with van der Waals surface area (Å²) in [7, 11) is 2.17. The first-order valence-corrected chi connectivity index (χ1v) is 5.12. The molecule has 1 aliphatic heterocycles. The van der Waals surface area contributed by atoms with Crippen LogP contribution in [0.3, 0.4) is 0 Å². The molecule has 1 heterocycles. The zero-order valence-electron chi connectivity index (χ0n) is 8.29. The second kappa shape index (κ2) is 4.83. The monoisotopic (exact) mass is 171 g/mol. The van der Waals surface area contributed by atoms with Crippen molar-refractivity contribution in [1.29, 1.82) is 0 Å². The number of rotatable bonds is 3. The molecule has 0 saturated carbocycles. The highest BCUT2D eigenvalue weighted by molar-refractivity contribution is 4.76. The van der Waals surface area contributed by atoms with Crippen LogP contribution in [0.4, 0.5) is 0 Å². The van der Waals surface area contributed by atoms with Gasteiger partial charge in [-0.25, -0.2) is 0 Å². The summed E-state index contributed by atoms with van der Waals surface area (Å²) in [6, 6.07) is 0.633. The molecule has 2 heteroatoms. The topological polar surface area (TPSA) is 23.5 Å². The van der Waals surface area contributed by atoms with Gasteiger partial charge in [0.05, 0.1) is 6.10 Å². The van der Waals surface area contributed by atoms with Crippen LogP contribution in [0.1, 0.15) is 39.0 Å². The van der Waals surface area contributed by atoms with Gasteiger partial charge in [0, 0.05) is 6.04 Å². The van der Waals surface area contributed by atoms with Crippen molar-refractivity contribution in [3.05, 3.63) is 0 Å². The molecule has 0 spiro atoms. The van der Waals surface area contributed by atoms with E-state index in [2.05, 4.69) is 11.9 Å². The molecule has 0 aromatic heterocycles. The number of nitrogens with zero attached hydrogens (tertiary/aromatic N) is 1. The quantitative estimate of drug-likeness (QED) is 0.697. The Labute approximate surface area is 75.6 Å². The normalized spacial score (nSPS) is 28.8. The Morgan fingerprint density at radius 1 is 1.50 bits per heavy atom. The minimum atomic E-state index is -0.0875. The average Bonchev–Trinajstić information content (AvgIpc) is 2.09. The fourth-order valence-electron chi connectivity index (χ4n) is 1.92. The highest BCUT2D eigenvalue weighted by atomic mass is 16.3. The summed E-state index contributed by atoms with van der Waals surface area (Å²) in [6.45, 7) is 3.26. The van der Waals surface area contributed by atoms with Crippen LogP contribution in [0.5, 0.6) is 0 Å². The first-order valence-electron chi connectivity index (χ1n) is 5.12. The zero-order valence-corrected chi connectivity index (χ0v) is 8.29. The van der Waals surface area contributed by atoms with E-state index in [-0.39, 0.29) is 6.10 Å². The summed E-state index contributed by atoms with van der Waals surface area (Å²) in [6.07, 6.45) is 5.71. The van der Waals surface area contributed by atoms with Crippen molar-refractivity contribution in [3.63, 3.8) is 0 Å². The van der Waals surface area contributed by atoms with Gasteiger partial charge in [0.2, 0.25) is 0 Å². The van der Waals surface area contributed by atoms with Gasteiger partial charge in [-0.3, -0.25) is 0 Å². The van der Waals surface area contributed by atoms with Gasteiger partial charge in [-0.1, -0.05) is 13.3 Å². The van der Waals surface area contributed by atoms with Crippen LogP contribution in [0.25, 0.3) is 0 Å². The summed E-state index contributed by atoms with van der Waals surface area (Å²) in [5.41, 5.74) is 0. The van der Waals surface area contributed by atoms with Crippen LogP contribution in [-0.4, -0.2) is 35.7 Å². The Balaban J connectivity index is 2.28. The van der Waals surface area contributed by atoms with Crippen molar-refractivity contribution in [2.45, 2.75) is 51.2 Å². The van der Waals surface area contributed by atoms with Crippen LogP contribution >= 0.6 is 0 Å². The molecule has 2 atom stereocenters. The Morgan fingerprint density at radius 3 is 2.83 bits per heavy atom. The van der Waals surface area contributed by atoms with Gasteiger partial charge in [0.25, 0.3) is 0 Å². The van der Waals surface area contributed by atoms with Gasteiger partial charge in [0.15, 0.2) is 0 Å². The summed E-state index contributed by atoms with van der Waals surface area (Å²) < 4.78 is 0. The van der Waals surface area contributed by atoms with Crippen molar-refractivity contribution in [1.82, 2.24) is 4.90 Å². The number of aliphatic hydroxyl groups is 1. The lowest BCUT2D eigenvalue weighted by molar-refractivity contribution is 0.0920. The van der Waals surface area contributed by atoms with Crippen LogP contribution < -0.4 is 0 Å². The molecule has 0 radical (unpaired) electrons. The SMILES string of the molecule is CC[C@H](O)C[C@H]1CCCCN1C. The lowest BCUT2D eigenvalue weighted by Gasteiger charge is -2.33. The summed E-state index contributed by atoms with van der Waals surface area (Å²) in [4.78, 5) is 2.39. The molecule has 1 rings (SSSR count). The van der Waals surface area contributed by atoms with E-state index in [0.29, 0.717) is 6.04 Å². The van der Waals surface area contributed by atoms with Gasteiger partial charge < -0.3 is 10.0 Å². The molecular weight excluding hydrogens is 150 g/mol. The maximum atomic E-state index is 9.50. The van der Waals surface area contributed by atoms with E-state index in [9.17, 15) is 5.11 Å². The highest BCUT2D eigenvalue weighted by Crippen LogP contribution is 2.19. The Kier molecular flexibility index (Phi) is 4.02. The van der Waals surface area contributed by atoms with Gasteiger partial charge in [0.1, 0.15) is 0 Å². The van der Waals surface area contributed by atoms with E-state index in [0.717, 1.165) is 12.8 Å². The third-order valence-electron chi connectivity index (χ3n) is 2.94. The molecule has 1 N–H and O–H groups in total. The standard InChI is InChI=1S/C10H21NO/c1-3-10(12)8-9-6-4-5-7-11(9)2/h9-10,12H,3-8H2,1-2H3/t9-,10+/m1/s1. The summed E-state index contributed by atoms with van der Waals surface area (Å²) in [5.74, 6) is 0. The van der Waals surface area contributed by atoms with Crippen molar-refractivity contribution in [2.75, 3.05) is 13.6 Å². The minimum absolute atomic E-state index is 0.0875. The summed E-state index contributed by atoms with van der Waals surface area (Å²) >= 11 is 0. The van der Waals surface area contributed by atoms with Crippen molar-refractivity contribution in [3.8, 4) is 0 Å². The molecular formula is C10H21NO. The molecule has 0 aromatic carbocycles.